The third-order valence-electron chi connectivity index (χ3n) is 3.65. The molecule has 0 aliphatic carbocycles. The largest absolute Gasteiger partial charge is 0.416 e. The lowest BCUT2D eigenvalue weighted by atomic mass is 10.1. The molecule has 1 amide bonds. The highest BCUT2D eigenvalue weighted by molar-refractivity contribution is 8.27. The zero-order valence-corrected chi connectivity index (χ0v) is 14.9. The topological polar surface area (TPSA) is 63.4 Å². The van der Waals surface area contributed by atoms with Crippen LogP contribution in [0.2, 0.25) is 0 Å². The quantitative estimate of drug-likeness (QED) is 0.308. The van der Waals surface area contributed by atoms with Gasteiger partial charge in [-0.15, -0.1) is 0 Å². The first-order chi connectivity index (χ1) is 12.7. The molecule has 138 valence electrons. The summed E-state index contributed by atoms with van der Waals surface area (Å²) < 4.78 is 38.8. The Balaban J connectivity index is 1.98. The van der Waals surface area contributed by atoms with Gasteiger partial charge in [0.1, 0.15) is 0 Å². The third-order valence-corrected chi connectivity index (χ3v) is 4.95. The first-order valence-corrected chi connectivity index (χ1v) is 8.59. The molecule has 10 heteroatoms. The second-order valence-corrected chi connectivity index (χ2v) is 7.06. The van der Waals surface area contributed by atoms with E-state index in [0.29, 0.717) is 0 Å². The minimum absolute atomic E-state index is 0.0155. The highest BCUT2D eigenvalue weighted by atomic mass is 32.2. The molecule has 1 aliphatic heterocycles. The molecule has 27 heavy (non-hydrogen) atoms. The van der Waals surface area contributed by atoms with Gasteiger partial charge in [0.15, 0.2) is 4.32 Å². The standard InChI is InChI=1S/C17H9F3N2O3S2/c18-17(19,20)11-5-3-6-12(9-11)21-15(23)14(27-16(21)26)8-10-4-1-2-7-13(10)22(24)25/h1-9H/b14-8-. The minimum Gasteiger partial charge on any atom is -0.268 e. The third kappa shape index (κ3) is 3.86. The van der Waals surface area contributed by atoms with Crippen LogP contribution >= 0.6 is 24.0 Å². The monoisotopic (exact) mass is 410 g/mol. The number of benzene rings is 2. The van der Waals surface area contributed by atoms with E-state index in [1.807, 2.05) is 0 Å². The highest BCUT2D eigenvalue weighted by Crippen LogP contribution is 2.39. The highest BCUT2D eigenvalue weighted by Gasteiger charge is 2.36. The van der Waals surface area contributed by atoms with Crippen LogP contribution in [0.15, 0.2) is 53.4 Å². The molecule has 0 radical (unpaired) electrons. The summed E-state index contributed by atoms with van der Waals surface area (Å²) in [6, 6.07) is 10.1. The fourth-order valence-corrected chi connectivity index (χ4v) is 3.72. The van der Waals surface area contributed by atoms with Gasteiger partial charge < -0.3 is 0 Å². The van der Waals surface area contributed by atoms with E-state index in [2.05, 4.69) is 0 Å². The Morgan fingerprint density at radius 2 is 1.85 bits per heavy atom. The number of halogens is 3. The summed E-state index contributed by atoms with van der Waals surface area (Å²) >= 11 is 6.00. The molecule has 0 N–H and O–H groups in total. The number of nitro groups is 1. The molecular weight excluding hydrogens is 401 g/mol. The van der Waals surface area contributed by atoms with Crippen LogP contribution in [0.3, 0.4) is 0 Å². The van der Waals surface area contributed by atoms with Crippen molar-refractivity contribution in [3.8, 4) is 0 Å². The lowest BCUT2D eigenvalue weighted by molar-refractivity contribution is -0.385. The van der Waals surface area contributed by atoms with Crippen LogP contribution in [0.1, 0.15) is 11.1 Å². The predicted octanol–water partition coefficient (Wildman–Crippen LogP) is 5.02. The van der Waals surface area contributed by atoms with E-state index in [0.717, 1.165) is 28.8 Å². The Kier molecular flexibility index (Phi) is 5.03. The maximum Gasteiger partial charge on any atom is 0.416 e. The number of thioether (sulfide) groups is 1. The van der Waals surface area contributed by atoms with Crippen molar-refractivity contribution < 1.29 is 22.9 Å². The van der Waals surface area contributed by atoms with Crippen molar-refractivity contribution in [2.75, 3.05) is 4.90 Å². The molecule has 0 atom stereocenters. The average molecular weight is 410 g/mol. The van der Waals surface area contributed by atoms with Crippen LogP contribution in [0.5, 0.6) is 0 Å². The number of hydrogen-bond donors (Lipinski definition) is 0. The van der Waals surface area contributed by atoms with Gasteiger partial charge in [-0.2, -0.15) is 13.2 Å². The zero-order chi connectivity index (χ0) is 19.8. The van der Waals surface area contributed by atoms with Crippen LogP contribution in [0, 0.1) is 10.1 Å². The van der Waals surface area contributed by atoms with Gasteiger partial charge in [-0.25, -0.2) is 0 Å². The molecule has 1 saturated heterocycles. The Hall–Kier alpha value is -2.72. The van der Waals surface area contributed by atoms with E-state index in [9.17, 15) is 28.1 Å². The molecule has 0 saturated carbocycles. The number of alkyl halides is 3. The molecule has 0 bridgehead atoms. The van der Waals surface area contributed by atoms with Gasteiger partial charge in [0, 0.05) is 6.07 Å². The molecule has 0 unspecified atom stereocenters. The molecule has 1 fully saturated rings. The number of hydrogen-bond acceptors (Lipinski definition) is 5. The summed E-state index contributed by atoms with van der Waals surface area (Å²) in [7, 11) is 0. The molecule has 5 nitrogen and oxygen atoms in total. The number of nitrogens with zero attached hydrogens (tertiary/aromatic N) is 2. The number of amides is 1. The van der Waals surface area contributed by atoms with E-state index in [-0.39, 0.29) is 26.2 Å². The number of anilines is 1. The maximum atomic E-state index is 12.9. The van der Waals surface area contributed by atoms with Crippen molar-refractivity contribution in [2.45, 2.75) is 6.18 Å². The van der Waals surface area contributed by atoms with E-state index < -0.39 is 22.6 Å². The molecule has 0 spiro atoms. The molecule has 1 heterocycles. The summed E-state index contributed by atoms with van der Waals surface area (Å²) in [5, 5.41) is 11.1. The zero-order valence-electron chi connectivity index (χ0n) is 13.3. The Labute approximate surface area is 160 Å². The SMILES string of the molecule is O=C1/C(=C/c2ccccc2[N+](=O)[O-])SC(=S)N1c1cccc(C(F)(F)F)c1. The number of thiocarbonyl (C=S) groups is 1. The second-order valence-electron chi connectivity index (χ2n) is 5.38. The summed E-state index contributed by atoms with van der Waals surface area (Å²) in [4.78, 5) is 24.2. The normalized spacial score (nSPS) is 16.3. The van der Waals surface area contributed by atoms with Gasteiger partial charge in [-0.3, -0.25) is 19.8 Å². The van der Waals surface area contributed by atoms with E-state index in [1.165, 1.54) is 36.4 Å². The lowest BCUT2D eigenvalue weighted by Gasteiger charge is -2.16. The van der Waals surface area contributed by atoms with Crippen LogP contribution < -0.4 is 4.90 Å². The minimum atomic E-state index is -4.56. The number of nitro benzene ring substituents is 1. The summed E-state index contributed by atoms with van der Waals surface area (Å²) in [6.07, 6.45) is -3.25. The second kappa shape index (κ2) is 7.12. The first kappa shape index (κ1) is 19.1. The van der Waals surface area contributed by atoms with Crippen LogP contribution in [-0.4, -0.2) is 15.2 Å². The van der Waals surface area contributed by atoms with Crippen molar-refractivity contribution in [3.05, 3.63) is 74.7 Å². The van der Waals surface area contributed by atoms with Gasteiger partial charge in [0.25, 0.3) is 11.6 Å². The molecule has 0 aromatic heterocycles. The van der Waals surface area contributed by atoms with Gasteiger partial charge >= 0.3 is 6.18 Å². The molecule has 2 aromatic carbocycles. The Morgan fingerprint density at radius 3 is 2.52 bits per heavy atom. The molecular formula is C17H9F3N2O3S2. The fraction of sp³-hybridized carbons (Fsp3) is 0.0588. The van der Waals surface area contributed by atoms with Crippen LogP contribution in [0.4, 0.5) is 24.5 Å². The maximum absolute atomic E-state index is 12.9. The average Bonchev–Trinajstić information content (AvgIpc) is 2.88. The number of carbonyl (C=O) groups excluding carboxylic acids is 1. The fourth-order valence-electron chi connectivity index (χ4n) is 2.43. The number of carbonyl (C=O) groups is 1. The van der Waals surface area contributed by atoms with Crippen LogP contribution in [-0.2, 0) is 11.0 Å². The summed E-state index contributed by atoms with van der Waals surface area (Å²) in [5.41, 5.74) is -0.913. The van der Waals surface area contributed by atoms with Gasteiger partial charge in [0.05, 0.1) is 26.6 Å². The Bertz CT molecular complexity index is 989. The Morgan fingerprint density at radius 1 is 1.15 bits per heavy atom. The van der Waals surface area contributed by atoms with Gasteiger partial charge in [-0.1, -0.05) is 42.2 Å². The van der Waals surface area contributed by atoms with Crippen molar-refractivity contribution >= 4 is 51.7 Å². The summed E-state index contributed by atoms with van der Waals surface area (Å²) in [6.45, 7) is 0. The first-order valence-electron chi connectivity index (χ1n) is 7.37. The predicted molar refractivity (Wildman–Crippen MR) is 100 cm³/mol. The van der Waals surface area contributed by atoms with Gasteiger partial charge in [0.2, 0.25) is 0 Å². The van der Waals surface area contributed by atoms with Crippen molar-refractivity contribution in [3.63, 3.8) is 0 Å². The summed E-state index contributed by atoms with van der Waals surface area (Å²) in [5.74, 6) is -0.637. The van der Waals surface area contributed by atoms with E-state index in [1.54, 1.807) is 6.07 Å². The number of rotatable bonds is 3. The molecule has 1 aliphatic rings. The van der Waals surface area contributed by atoms with Crippen LogP contribution in [0.25, 0.3) is 6.08 Å². The van der Waals surface area contributed by atoms with Crippen molar-refractivity contribution in [2.24, 2.45) is 0 Å². The molecule has 2 aromatic rings. The van der Waals surface area contributed by atoms with Crippen molar-refractivity contribution in [1.82, 2.24) is 0 Å². The van der Waals surface area contributed by atoms with Gasteiger partial charge in [-0.05, 0) is 30.3 Å². The van der Waals surface area contributed by atoms with E-state index >= 15 is 0 Å². The molecule has 3 rings (SSSR count). The lowest BCUT2D eigenvalue weighted by Crippen LogP contribution is -2.27. The smallest absolute Gasteiger partial charge is 0.268 e. The number of para-hydroxylation sites is 1. The van der Waals surface area contributed by atoms with E-state index in [4.69, 9.17) is 12.2 Å². The van der Waals surface area contributed by atoms with Crippen molar-refractivity contribution in [1.29, 1.82) is 0 Å².